The molecule has 1 fully saturated rings. The van der Waals surface area contributed by atoms with Crippen LogP contribution in [0.4, 0.5) is 5.82 Å². The number of rotatable bonds is 5. The number of piperazine rings is 1. The highest BCUT2D eigenvalue weighted by molar-refractivity contribution is 5.79. The van der Waals surface area contributed by atoms with Gasteiger partial charge in [0.15, 0.2) is 0 Å². The molecule has 1 unspecified atom stereocenters. The first-order valence-corrected chi connectivity index (χ1v) is 9.33. The minimum atomic E-state index is 0.0832. The molecular weight excluding hydrogens is 330 g/mol. The number of carbonyl (C=O) groups is 1. The zero-order chi connectivity index (χ0) is 18.7. The highest BCUT2D eigenvalue weighted by Gasteiger charge is 2.26. The van der Waals surface area contributed by atoms with Crippen molar-refractivity contribution in [3.63, 3.8) is 0 Å². The summed E-state index contributed by atoms with van der Waals surface area (Å²) in [6, 6.07) is 3.83. The van der Waals surface area contributed by atoms with E-state index in [9.17, 15) is 4.79 Å². The molecule has 0 saturated carbocycles. The predicted octanol–water partition coefficient (Wildman–Crippen LogP) is 2.95. The first kappa shape index (κ1) is 18.4. The normalized spacial score (nSPS) is 16.2. The second-order valence-electron chi connectivity index (χ2n) is 7.10. The first-order chi connectivity index (χ1) is 12.5. The Morgan fingerprint density at radius 3 is 2.54 bits per heavy atom. The van der Waals surface area contributed by atoms with Gasteiger partial charge in [-0.25, -0.2) is 4.98 Å². The van der Waals surface area contributed by atoms with Gasteiger partial charge in [0.05, 0.1) is 5.56 Å². The Hall–Kier alpha value is -2.44. The summed E-state index contributed by atoms with van der Waals surface area (Å²) >= 11 is 0. The van der Waals surface area contributed by atoms with E-state index in [2.05, 4.69) is 27.0 Å². The molecule has 140 valence electrons. The summed E-state index contributed by atoms with van der Waals surface area (Å²) in [7, 11) is 0. The van der Waals surface area contributed by atoms with Gasteiger partial charge in [0.1, 0.15) is 5.82 Å². The summed E-state index contributed by atoms with van der Waals surface area (Å²) in [4.78, 5) is 21.1. The van der Waals surface area contributed by atoms with Crippen LogP contribution in [-0.2, 0) is 4.79 Å². The van der Waals surface area contributed by atoms with E-state index in [0.29, 0.717) is 24.9 Å². The number of anilines is 1. The molecule has 0 aliphatic carbocycles. The van der Waals surface area contributed by atoms with Crippen LogP contribution in [0.15, 0.2) is 22.7 Å². The van der Waals surface area contributed by atoms with Crippen LogP contribution in [0, 0.1) is 5.92 Å². The van der Waals surface area contributed by atoms with Gasteiger partial charge in [0.2, 0.25) is 11.8 Å². The number of pyridine rings is 1. The van der Waals surface area contributed by atoms with E-state index in [-0.39, 0.29) is 17.7 Å². The van der Waals surface area contributed by atoms with Gasteiger partial charge < -0.3 is 14.2 Å². The standard InChI is InChI=1S/C19H27N5O2/c1-5-14(4)19(25)24-11-9-23(10-12-24)16-15(7-6-8-20-16)18-22-21-17(26-18)13(2)3/h6-8,13-14H,5,9-12H2,1-4H3. The summed E-state index contributed by atoms with van der Waals surface area (Å²) < 4.78 is 5.81. The summed E-state index contributed by atoms with van der Waals surface area (Å²) in [5.74, 6) is 2.47. The molecule has 2 aromatic rings. The number of nitrogens with zero attached hydrogens (tertiary/aromatic N) is 5. The molecule has 1 aliphatic heterocycles. The fourth-order valence-electron chi connectivity index (χ4n) is 3.02. The van der Waals surface area contributed by atoms with Crippen LogP contribution in [0.5, 0.6) is 0 Å². The van der Waals surface area contributed by atoms with Crippen molar-refractivity contribution in [1.29, 1.82) is 0 Å². The summed E-state index contributed by atoms with van der Waals surface area (Å²) in [6.45, 7) is 11.0. The second kappa shape index (κ2) is 7.85. The summed E-state index contributed by atoms with van der Waals surface area (Å²) in [6.07, 6.45) is 2.65. The quantitative estimate of drug-likeness (QED) is 0.819. The third-order valence-electron chi connectivity index (χ3n) is 4.88. The molecule has 0 bridgehead atoms. The van der Waals surface area contributed by atoms with Gasteiger partial charge in [-0.15, -0.1) is 10.2 Å². The lowest BCUT2D eigenvalue weighted by molar-refractivity contribution is -0.135. The smallest absolute Gasteiger partial charge is 0.251 e. The number of amides is 1. The molecule has 0 radical (unpaired) electrons. The van der Waals surface area contributed by atoms with Crippen LogP contribution in [0.1, 0.15) is 45.9 Å². The number of aromatic nitrogens is 3. The average Bonchev–Trinajstić information content (AvgIpc) is 3.17. The Labute approximate surface area is 154 Å². The van der Waals surface area contributed by atoms with Gasteiger partial charge in [0, 0.05) is 44.2 Å². The molecule has 0 spiro atoms. The van der Waals surface area contributed by atoms with E-state index in [0.717, 1.165) is 30.9 Å². The van der Waals surface area contributed by atoms with E-state index in [1.54, 1.807) is 6.20 Å². The average molecular weight is 357 g/mol. The maximum Gasteiger partial charge on any atom is 0.251 e. The largest absolute Gasteiger partial charge is 0.420 e. The van der Waals surface area contributed by atoms with Crippen molar-refractivity contribution in [2.24, 2.45) is 5.92 Å². The van der Waals surface area contributed by atoms with E-state index < -0.39 is 0 Å². The van der Waals surface area contributed by atoms with Crippen molar-refractivity contribution in [3.05, 3.63) is 24.2 Å². The zero-order valence-electron chi connectivity index (χ0n) is 16.0. The minimum Gasteiger partial charge on any atom is -0.420 e. The third-order valence-corrected chi connectivity index (χ3v) is 4.88. The van der Waals surface area contributed by atoms with Crippen LogP contribution in [0.3, 0.4) is 0 Å². The number of hydrogen-bond acceptors (Lipinski definition) is 6. The van der Waals surface area contributed by atoms with Crippen molar-refractivity contribution in [2.75, 3.05) is 31.1 Å². The molecule has 26 heavy (non-hydrogen) atoms. The van der Waals surface area contributed by atoms with Gasteiger partial charge in [-0.05, 0) is 18.6 Å². The molecule has 1 saturated heterocycles. The SMILES string of the molecule is CCC(C)C(=O)N1CCN(c2ncccc2-c2nnc(C(C)C)o2)CC1. The van der Waals surface area contributed by atoms with E-state index >= 15 is 0 Å². The highest BCUT2D eigenvalue weighted by Crippen LogP contribution is 2.29. The third kappa shape index (κ3) is 3.71. The Morgan fingerprint density at radius 1 is 1.19 bits per heavy atom. The van der Waals surface area contributed by atoms with Crippen molar-refractivity contribution in [2.45, 2.75) is 40.0 Å². The van der Waals surface area contributed by atoms with Crippen molar-refractivity contribution in [3.8, 4) is 11.5 Å². The Bertz CT molecular complexity index is 750. The minimum absolute atomic E-state index is 0.0832. The van der Waals surface area contributed by atoms with Gasteiger partial charge in [-0.1, -0.05) is 27.7 Å². The molecule has 7 heteroatoms. The van der Waals surface area contributed by atoms with E-state index in [4.69, 9.17) is 4.42 Å². The predicted molar refractivity (Wildman–Crippen MR) is 99.9 cm³/mol. The molecule has 1 aliphatic rings. The lowest BCUT2D eigenvalue weighted by atomic mass is 10.1. The maximum atomic E-state index is 12.4. The van der Waals surface area contributed by atoms with Crippen LogP contribution >= 0.6 is 0 Å². The van der Waals surface area contributed by atoms with Crippen LogP contribution in [-0.4, -0.2) is 52.2 Å². The van der Waals surface area contributed by atoms with Crippen molar-refractivity contribution >= 4 is 11.7 Å². The van der Waals surface area contributed by atoms with Gasteiger partial charge >= 0.3 is 0 Å². The Morgan fingerprint density at radius 2 is 1.92 bits per heavy atom. The van der Waals surface area contributed by atoms with E-state index in [1.165, 1.54) is 0 Å². The topological polar surface area (TPSA) is 75.4 Å². The van der Waals surface area contributed by atoms with Crippen LogP contribution in [0.25, 0.3) is 11.5 Å². The summed E-state index contributed by atoms with van der Waals surface area (Å²) in [5, 5.41) is 8.32. The fraction of sp³-hybridized carbons (Fsp3) is 0.579. The van der Waals surface area contributed by atoms with Gasteiger partial charge in [0.25, 0.3) is 5.89 Å². The Kier molecular flexibility index (Phi) is 5.54. The maximum absolute atomic E-state index is 12.4. The molecule has 0 aromatic carbocycles. The van der Waals surface area contributed by atoms with Crippen LogP contribution < -0.4 is 4.90 Å². The molecule has 3 rings (SSSR count). The van der Waals surface area contributed by atoms with Crippen molar-refractivity contribution in [1.82, 2.24) is 20.1 Å². The molecule has 2 aromatic heterocycles. The first-order valence-electron chi connectivity index (χ1n) is 9.33. The molecule has 3 heterocycles. The monoisotopic (exact) mass is 357 g/mol. The fourth-order valence-corrected chi connectivity index (χ4v) is 3.02. The van der Waals surface area contributed by atoms with Crippen molar-refractivity contribution < 1.29 is 9.21 Å². The van der Waals surface area contributed by atoms with E-state index in [1.807, 2.05) is 37.8 Å². The highest BCUT2D eigenvalue weighted by atomic mass is 16.4. The molecule has 1 atom stereocenters. The molecule has 7 nitrogen and oxygen atoms in total. The van der Waals surface area contributed by atoms with Gasteiger partial charge in [-0.2, -0.15) is 0 Å². The zero-order valence-corrected chi connectivity index (χ0v) is 16.0. The number of carbonyl (C=O) groups excluding carboxylic acids is 1. The molecular formula is C19H27N5O2. The molecule has 0 N–H and O–H groups in total. The van der Waals surface area contributed by atoms with Crippen LogP contribution in [0.2, 0.25) is 0 Å². The lowest BCUT2D eigenvalue weighted by Gasteiger charge is -2.37. The summed E-state index contributed by atoms with van der Waals surface area (Å²) in [5.41, 5.74) is 0.841. The van der Waals surface area contributed by atoms with Gasteiger partial charge in [-0.3, -0.25) is 4.79 Å². The molecule has 1 amide bonds. The Balaban J connectivity index is 1.76. The second-order valence-corrected chi connectivity index (χ2v) is 7.10. The lowest BCUT2D eigenvalue weighted by Crippen LogP contribution is -2.50. The number of hydrogen-bond donors (Lipinski definition) is 0.